The Morgan fingerprint density at radius 1 is 1.54 bits per heavy atom. The van der Waals surface area contributed by atoms with Crippen molar-refractivity contribution in [1.82, 2.24) is 5.32 Å². The van der Waals surface area contributed by atoms with Crippen LogP contribution in [0.3, 0.4) is 0 Å². The summed E-state index contributed by atoms with van der Waals surface area (Å²) in [4.78, 5) is 0. The molecule has 1 aliphatic rings. The van der Waals surface area contributed by atoms with Crippen LogP contribution in [0.2, 0.25) is 0 Å². The topological polar surface area (TPSA) is 32.3 Å². The van der Waals surface area contributed by atoms with Crippen LogP contribution in [0.4, 0.5) is 0 Å². The molecule has 0 aromatic rings. The molecule has 1 fully saturated rings. The zero-order valence-electron chi connectivity index (χ0n) is 9.14. The predicted molar refractivity (Wildman–Crippen MR) is 55.7 cm³/mol. The molecule has 3 unspecified atom stereocenters. The van der Waals surface area contributed by atoms with Crippen LogP contribution in [0.5, 0.6) is 0 Å². The number of aliphatic hydroxyl groups is 1. The first-order chi connectivity index (χ1) is 6.09. The summed E-state index contributed by atoms with van der Waals surface area (Å²) in [6.07, 6.45) is 4.68. The molecule has 0 radical (unpaired) electrons. The van der Waals surface area contributed by atoms with E-state index in [2.05, 4.69) is 19.2 Å². The summed E-state index contributed by atoms with van der Waals surface area (Å²) in [7, 11) is 0. The molecule has 1 saturated heterocycles. The molecule has 2 heteroatoms. The molecule has 0 saturated carbocycles. The Morgan fingerprint density at radius 3 is 2.69 bits per heavy atom. The molecule has 1 rings (SSSR count). The van der Waals surface area contributed by atoms with Crippen molar-refractivity contribution < 1.29 is 5.11 Å². The van der Waals surface area contributed by atoms with Gasteiger partial charge >= 0.3 is 0 Å². The van der Waals surface area contributed by atoms with Crippen LogP contribution in [0.1, 0.15) is 46.5 Å². The van der Waals surface area contributed by atoms with E-state index in [1.807, 2.05) is 6.92 Å². The molecule has 1 aliphatic heterocycles. The third-order valence-corrected chi connectivity index (χ3v) is 3.63. The van der Waals surface area contributed by atoms with Crippen molar-refractivity contribution in [3.8, 4) is 0 Å². The number of rotatable bonds is 3. The van der Waals surface area contributed by atoms with Crippen molar-refractivity contribution in [2.75, 3.05) is 6.54 Å². The molecular formula is C11H23NO. The van der Waals surface area contributed by atoms with Crippen LogP contribution in [0.25, 0.3) is 0 Å². The molecule has 0 spiro atoms. The minimum Gasteiger partial charge on any atom is -0.388 e. The molecule has 2 nitrogen and oxygen atoms in total. The van der Waals surface area contributed by atoms with Crippen LogP contribution in [0, 0.1) is 5.92 Å². The summed E-state index contributed by atoms with van der Waals surface area (Å²) in [6, 6.07) is 0.302. The number of piperidine rings is 1. The maximum Gasteiger partial charge on any atom is 0.0797 e. The molecule has 13 heavy (non-hydrogen) atoms. The third-order valence-electron chi connectivity index (χ3n) is 3.63. The molecule has 0 aromatic heterocycles. The maximum absolute atomic E-state index is 10.3. The largest absolute Gasteiger partial charge is 0.388 e. The Kier molecular flexibility index (Phi) is 3.74. The summed E-state index contributed by atoms with van der Waals surface area (Å²) in [5.74, 6) is 0.378. The van der Waals surface area contributed by atoms with Crippen molar-refractivity contribution in [2.24, 2.45) is 5.92 Å². The van der Waals surface area contributed by atoms with E-state index in [4.69, 9.17) is 0 Å². The molecular weight excluding hydrogens is 162 g/mol. The molecule has 78 valence electrons. The van der Waals surface area contributed by atoms with Crippen LogP contribution in [0.15, 0.2) is 0 Å². The zero-order chi connectivity index (χ0) is 9.90. The Balaban J connectivity index is 2.55. The van der Waals surface area contributed by atoms with Crippen LogP contribution in [-0.4, -0.2) is 23.3 Å². The van der Waals surface area contributed by atoms with Gasteiger partial charge in [0, 0.05) is 6.04 Å². The van der Waals surface area contributed by atoms with Gasteiger partial charge in [-0.15, -0.1) is 0 Å². The summed E-state index contributed by atoms with van der Waals surface area (Å²) < 4.78 is 0. The molecule has 0 aromatic carbocycles. The number of hydrogen-bond donors (Lipinski definition) is 2. The van der Waals surface area contributed by atoms with E-state index in [0.717, 1.165) is 19.4 Å². The SMILES string of the molecule is CCC(C)C(C)(O)C1CCCCN1. The van der Waals surface area contributed by atoms with Gasteiger partial charge in [0.2, 0.25) is 0 Å². The maximum atomic E-state index is 10.3. The van der Waals surface area contributed by atoms with Crippen molar-refractivity contribution in [1.29, 1.82) is 0 Å². The highest BCUT2D eigenvalue weighted by atomic mass is 16.3. The number of hydrogen-bond acceptors (Lipinski definition) is 2. The van der Waals surface area contributed by atoms with E-state index in [0.29, 0.717) is 12.0 Å². The second kappa shape index (κ2) is 4.43. The second-order valence-corrected chi connectivity index (χ2v) is 4.54. The molecule has 0 amide bonds. The third kappa shape index (κ3) is 2.44. The molecule has 3 atom stereocenters. The van der Waals surface area contributed by atoms with Crippen molar-refractivity contribution in [3.63, 3.8) is 0 Å². The van der Waals surface area contributed by atoms with E-state index >= 15 is 0 Å². The van der Waals surface area contributed by atoms with Crippen LogP contribution in [-0.2, 0) is 0 Å². The normalized spacial score (nSPS) is 30.9. The van der Waals surface area contributed by atoms with Gasteiger partial charge in [0.25, 0.3) is 0 Å². The summed E-state index contributed by atoms with van der Waals surface area (Å²) >= 11 is 0. The first-order valence-corrected chi connectivity index (χ1v) is 5.54. The van der Waals surface area contributed by atoms with E-state index in [1.54, 1.807) is 0 Å². The monoisotopic (exact) mass is 185 g/mol. The van der Waals surface area contributed by atoms with Gasteiger partial charge in [-0.25, -0.2) is 0 Å². The predicted octanol–water partition coefficient (Wildman–Crippen LogP) is 1.93. The highest BCUT2D eigenvalue weighted by molar-refractivity contribution is 4.92. The molecule has 0 aliphatic carbocycles. The Labute approximate surface area is 81.7 Å². The van der Waals surface area contributed by atoms with Crippen molar-refractivity contribution in [2.45, 2.75) is 58.1 Å². The number of nitrogens with one attached hydrogen (secondary N) is 1. The average Bonchev–Trinajstić information content (AvgIpc) is 2.18. The van der Waals surface area contributed by atoms with Gasteiger partial charge in [-0.1, -0.05) is 26.7 Å². The standard InChI is InChI=1S/C11H23NO/c1-4-9(2)11(3,13)10-7-5-6-8-12-10/h9-10,12-13H,4-8H2,1-3H3. The zero-order valence-corrected chi connectivity index (χ0v) is 9.14. The lowest BCUT2D eigenvalue weighted by molar-refractivity contribution is -0.0372. The fourth-order valence-corrected chi connectivity index (χ4v) is 2.11. The minimum absolute atomic E-state index is 0.302. The van der Waals surface area contributed by atoms with Gasteiger partial charge in [0.1, 0.15) is 0 Å². The minimum atomic E-state index is -0.533. The molecule has 2 N–H and O–H groups in total. The Bertz CT molecular complexity index is 150. The van der Waals surface area contributed by atoms with Gasteiger partial charge in [0.05, 0.1) is 5.60 Å². The van der Waals surface area contributed by atoms with Gasteiger partial charge < -0.3 is 10.4 Å². The summed E-state index contributed by atoms with van der Waals surface area (Å²) in [6.45, 7) is 7.32. The lowest BCUT2D eigenvalue weighted by Gasteiger charge is -2.40. The van der Waals surface area contributed by atoms with Gasteiger partial charge in [-0.3, -0.25) is 0 Å². The first kappa shape index (κ1) is 11.0. The highest BCUT2D eigenvalue weighted by Gasteiger charge is 2.36. The summed E-state index contributed by atoms with van der Waals surface area (Å²) in [5.41, 5.74) is -0.533. The van der Waals surface area contributed by atoms with E-state index in [1.165, 1.54) is 12.8 Å². The smallest absolute Gasteiger partial charge is 0.0797 e. The average molecular weight is 185 g/mol. The highest BCUT2D eigenvalue weighted by Crippen LogP contribution is 2.28. The fourth-order valence-electron chi connectivity index (χ4n) is 2.11. The first-order valence-electron chi connectivity index (χ1n) is 5.54. The van der Waals surface area contributed by atoms with Crippen LogP contribution >= 0.6 is 0 Å². The van der Waals surface area contributed by atoms with E-state index in [-0.39, 0.29) is 0 Å². The second-order valence-electron chi connectivity index (χ2n) is 4.54. The lowest BCUT2D eigenvalue weighted by Crippen LogP contribution is -2.54. The molecule has 1 heterocycles. The summed E-state index contributed by atoms with van der Waals surface area (Å²) in [5, 5.41) is 13.8. The molecule has 0 bridgehead atoms. The van der Waals surface area contributed by atoms with Crippen LogP contribution < -0.4 is 5.32 Å². The van der Waals surface area contributed by atoms with Gasteiger partial charge in [-0.05, 0) is 32.2 Å². The van der Waals surface area contributed by atoms with Gasteiger partial charge in [0.15, 0.2) is 0 Å². The van der Waals surface area contributed by atoms with Gasteiger partial charge in [-0.2, -0.15) is 0 Å². The Hall–Kier alpha value is -0.0800. The van der Waals surface area contributed by atoms with Crippen molar-refractivity contribution in [3.05, 3.63) is 0 Å². The Morgan fingerprint density at radius 2 is 2.23 bits per heavy atom. The van der Waals surface area contributed by atoms with E-state index < -0.39 is 5.60 Å². The van der Waals surface area contributed by atoms with E-state index in [9.17, 15) is 5.11 Å². The quantitative estimate of drug-likeness (QED) is 0.704. The lowest BCUT2D eigenvalue weighted by atomic mass is 9.79. The fraction of sp³-hybridized carbons (Fsp3) is 1.00. The van der Waals surface area contributed by atoms with Crippen molar-refractivity contribution >= 4 is 0 Å².